The van der Waals surface area contributed by atoms with Crippen LogP contribution >= 0.6 is 0 Å². The van der Waals surface area contributed by atoms with E-state index in [1.165, 1.54) is 12.6 Å². The summed E-state index contributed by atoms with van der Waals surface area (Å²) in [5.74, 6) is 4.51. The first-order valence-electron chi connectivity index (χ1n) is 11.0. The first-order valence-corrected chi connectivity index (χ1v) is 11.0. The zero-order valence-electron chi connectivity index (χ0n) is 19.4. The zero-order valence-corrected chi connectivity index (χ0v) is 19.4. The number of carbonyl (C=O) groups excluding carboxylic acids is 1. The lowest BCUT2D eigenvalue weighted by molar-refractivity contribution is -0.123. The van der Waals surface area contributed by atoms with Crippen molar-refractivity contribution in [2.45, 2.75) is 6.92 Å². The molecule has 1 N–H and O–H groups in total. The van der Waals surface area contributed by atoms with Crippen molar-refractivity contribution in [3.05, 3.63) is 60.6 Å². The molecule has 2 aromatic carbocycles. The maximum absolute atomic E-state index is 9.29. The summed E-state index contributed by atoms with van der Waals surface area (Å²) in [5.41, 5.74) is 2.37. The summed E-state index contributed by atoms with van der Waals surface area (Å²) in [4.78, 5) is 18.1. The molecule has 3 aromatic rings. The summed E-state index contributed by atoms with van der Waals surface area (Å²) >= 11 is 0. The molecular formula is C26H27N3O6. The van der Waals surface area contributed by atoms with Gasteiger partial charge in [0.1, 0.15) is 25.4 Å². The van der Waals surface area contributed by atoms with Gasteiger partial charge in [0.15, 0.2) is 11.5 Å². The number of nitrogens with zero attached hydrogens (tertiary/aromatic N) is 2. The van der Waals surface area contributed by atoms with Gasteiger partial charge in [0.2, 0.25) is 0 Å². The van der Waals surface area contributed by atoms with Crippen LogP contribution in [-0.2, 0) is 19.0 Å². The number of terminal acetylenes is 1. The maximum atomic E-state index is 9.29. The smallest absolute Gasteiger partial charge is 0.297 e. The fourth-order valence-electron chi connectivity index (χ4n) is 3.07. The monoisotopic (exact) mass is 477 g/mol. The van der Waals surface area contributed by atoms with Crippen molar-refractivity contribution in [2.75, 3.05) is 45.0 Å². The number of hydrogen-bond donors (Lipinski definition) is 1. The third kappa shape index (κ3) is 7.99. The van der Waals surface area contributed by atoms with E-state index in [1.54, 1.807) is 13.0 Å². The Labute approximate surface area is 204 Å². The second-order valence-electron chi connectivity index (χ2n) is 7.01. The van der Waals surface area contributed by atoms with Crippen LogP contribution in [0.4, 0.5) is 11.5 Å². The van der Waals surface area contributed by atoms with Crippen LogP contribution in [0.2, 0.25) is 0 Å². The molecule has 0 bridgehead atoms. The molecule has 0 aliphatic carbocycles. The van der Waals surface area contributed by atoms with Crippen LogP contribution in [0.5, 0.6) is 11.5 Å². The van der Waals surface area contributed by atoms with Gasteiger partial charge < -0.3 is 29.0 Å². The van der Waals surface area contributed by atoms with E-state index in [4.69, 9.17) is 25.4 Å². The summed E-state index contributed by atoms with van der Waals surface area (Å²) < 4.78 is 26.9. The molecule has 0 radical (unpaired) electrons. The average molecular weight is 478 g/mol. The van der Waals surface area contributed by atoms with E-state index in [1.807, 2.05) is 36.4 Å². The zero-order chi connectivity index (χ0) is 24.7. The van der Waals surface area contributed by atoms with Gasteiger partial charge in [-0.15, -0.1) is 6.42 Å². The first-order chi connectivity index (χ1) is 17.2. The molecule has 182 valence electrons. The predicted octanol–water partition coefficient (Wildman–Crippen LogP) is 3.85. The Kier molecular flexibility index (Phi) is 10.3. The van der Waals surface area contributed by atoms with Crippen LogP contribution in [-0.4, -0.2) is 56.1 Å². The second kappa shape index (κ2) is 14.2. The lowest BCUT2D eigenvalue weighted by Crippen LogP contribution is -2.15. The quantitative estimate of drug-likeness (QED) is 0.341. The Morgan fingerprint density at radius 2 is 1.71 bits per heavy atom. The molecule has 0 saturated carbocycles. The first kappa shape index (κ1) is 25.5. The van der Waals surface area contributed by atoms with E-state index in [0.717, 1.165) is 22.2 Å². The molecule has 1 aliphatic heterocycles. The molecule has 2 heterocycles. The minimum absolute atomic E-state index is 0.375. The minimum Gasteiger partial charge on any atom is -0.487 e. The molecule has 1 aromatic heterocycles. The highest BCUT2D eigenvalue weighted by Crippen LogP contribution is 2.35. The van der Waals surface area contributed by atoms with Crippen LogP contribution in [0.1, 0.15) is 12.5 Å². The van der Waals surface area contributed by atoms with E-state index in [-0.39, 0.29) is 0 Å². The molecule has 0 unspecified atom stereocenters. The molecule has 0 atom stereocenters. The van der Waals surface area contributed by atoms with Crippen molar-refractivity contribution >= 4 is 28.9 Å². The number of nitrogens with one attached hydrogen (secondary N) is 1. The SMILES string of the molecule is C#Cc1cccc(Nc2ncnc3cc4c(cc23)OCCOCCOCCO4)c1.C/C=C\OC=O. The van der Waals surface area contributed by atoms with Crippen molar-refractivity contribution in [3.63, 3.8) is 0 Å². The number of aromatic nitrogens is 2. The lowest BCUT2D eigenvalue weighted by atomic mass is 10.2. The number of fused-ring (bicyclic) bond motifs is 2. The predicted molar refractivity (Wildman–Crippen MR) is 132 cm³/mol. The molecule has 9 heteroatoms. The number of benzene rings is 2. The van der Waals surface area contributed by atoms with E-state index in [0.29, 0.717) is 63.4 Å². The van der Waals surface area contributed by atoms with E-state index in [2.05, 4.69) is 25.9 Å². The second-order valence-corrected chi connectivity index (χ2v) is 7.01. The van der Waals surface area contributed by atoms with Crippen LogP contribution in [0.3, 0.4) is 0 Å². The Morgan fingerprint density at radius 3 is 2.37 bits per heavy atom. The molecule has 4 rings (SSSR count). The standard InChI is InChI=1S/C22H21N3O4.C4H6O2/c1-2-16-4-3-5-17(12-16)25-22-18-13-20-21(14-19(18)23-15-24-22)29-11-9-27-7-6-26-8-10-28-20;1-2-3-6-4-5/h1,3-5,12-15H,6-11H2,(H,23,24,25);2-4H,1H3/b;3-2-. The molecular weight excluding hydrogens is 450 g/mol. The number of hydrogen-bond acceptors (Lipinski definition) is 9. The summed E-state index contributed by atoms with van der Waals surface area (Å²) in [6, 6.07) is 11.3. The fourth-order valence-corrected chi connectivity index (χ4v) is 3.07. The highest BCUT2D eigenvalue weighted by Gasteiger charge is 2.13. The molecule has 1 aliphatic rings. The molecule has 9 nitrogen and oxygen atoms in total. The highest BCUT2D eigenvalue weighted by molar-refractivity contribution is 5.93. The van der Waals surface area contributed by atoms with Gasteiger partial charge in [-0.25, -0.2) is 9.97 Å². The van der Waals surface area contributed by atoms with Gasteiger partial charge in [0.05, 0.1) is 38.2 Å². The third-order valence-electron chi connectivity index (χ3n) is 4.61. The molecule has 35 heavy (non-hydrogen) atoms. The van der Waals surface area contributed by atoms with Gasteiger partial charge >= 0.3 is 0 Å². The Morgan fingerprint density at radius 1 is 1.00 bits per heavy atom. The fraction of sp³-hybridized carbons (Fsp3) is 0.269. The maximum Gasteiger partial charge on any atom is 0.297 e. The van der Waals surface area contributed by atoms with Gasteiger partial charge in [0, 0.05) is 22.7 Å². The summed E-state index contributed by atoms with van der Waals surface area (Å²) in [7, 11) is 0. The van der Waals surface area contributed by atoms with Crippen LogP contribution in [0.25, 0.3) is 10.9 Å². The van der Waals surface area contributed by atoms with E-state index in [9.17, 15) is 4.79 Å². The van der Waals surface area contributed by atoms with Crippen molar-refractivity contribution < 1.29 is 28.5 Å². The molecule has 0 fully saturated rings. The van der Waals surface area contributed by atoms with Crippen LogP contribution < -0.4 is 14.8 Å². The molecule has 0 spiro atoms. The van der Waals surface area contributed by atoms with Crippen LogP contribution in [0.15, 0.2) is 55.1 Å². The van der Waals surface area contributed by atoms with Crippen molar-refractivity contribution in [1.29, 1.82) is 0 Å². The normalized spacial score (nSPS) is 13.9. The van der Waals surface area contributed by atoms with Gasteiger partial charge in [-0.1, -0.05) is 18.1 Å². The number of carbonyl (C=O) groups is 1. The largest absolute Gasteiger partial charge is 0.487 e. The lowest BCUT2D eigenvalue weighted by Gasteiger charge is -2.16. The van der Waals surface area contributed by atoms with Crippen molar-refractivity contribution in [2.24, 2.45) is 0 Å². The molecule has 0 amide bonds. The Balaban J connectivity index is 0.000000509. The van der Waals surface area contributed by atoms with E-state index < -0.39 is 0 Å². The number of ether oxygens (including phenoxy) is 5. The average Bonchev–Trinajstić information content (AvgIpc) is 2.88. The van der Waals surface area contributed by atoms with Crippen LogP contribution in [0, 0.1) is 12.3 Å². The van der Waals surface area contributed by atoms with Gasteiger partial charge in [-0.05, 0) is 31.2 Å². The summed E-state index contributed by atoms with van der Waals surface area (Å²) in [6.45, 7) is 4.98. The minimum atomic E-state index is 0.375. The summed E-state index contributed by atoms with van der Waals surface area (Å²) in [6.07, 6.45) is 9.95. The third-order valence-corrected chi connectivity index (χ3v) is 4.61. The van der Waals surface area contributed by atoms with E-state index >= 15 is 0 Å². The topological polar surface area (TPSA) is 101 Å². The Bertz CT molecular complexity index is 1180. The van der Waals surface area contributed by atoms with Gasteiger partial charge in [-0.3, -0.25) is 4.79 Å². The Hall–Kier alpha value is -4.13. The highest BCUT2D eigenvalue weighted by atomic mass is 16.6. The van der Waals surface area contributed by atoms with Gasteiger partial charge in [-0.2, -0.15) is 0 Å². The summed E-state index contributed by atoms with van der Waals surface area (Å²) in [5, 5.41) is 4.12. The van der Waals surface area contributed by atoms with Crippen molar-refractivity contribution in [1.82, 2.24) is 9.97 Å². The van der Waals surface area contributed by atoms with Crippen molar-refractivity contribution in [3.8, 4) is 23.8 Å². The number of anilines is 2. The number of rotatable bonds is 4. The van der Waals surface area contributed by atoms with Gasteiger partial charge in [0.25, 0.3) is 6.47 Å². The molecule has 0 saturated heterocycles. The number of allylic oxidation sites excluding steroid dienone is 1.